The lowest BCUT2D eigenvalue weighted by molar-refractivity contribution is 0.814. The summed E-state index contributed by atoms with van der Waals surface area (Å²) in [7, 11) is 0. The van der Waals surface area contributed by atoms with Crippen LogP contribution in [0.15, 0.2) is 36.9 Å². The Balaban J connectivity index is 1.56. The van der Waals surface area contributed by atoms with Gasteiger partial charge < -0.3 is 10.3 Å². The summed E-state index contributed by atoms with van der Waals surface area (Å²) in [5.74, 6) is 1.84. The van der Waals surface area contributed by atoms with Crippen LogP contribution in [0, 0.1) is 0 Å². The van der Waals surface area contributed by atoms with Gasteiger partial charge in [0, 0.05) is 37.8 Å². The number of H-pyrrole nitrogens is 1. The highest BCUT2D eigenvalue weighted by molar-refractivity contribution is 5.71. The second kappa shape index (κ2) is 5.43. The van der Waals surface area contributed by atoms with Crippen LogP contribution in [0.2, 0.25) is 0 Å². The molecule has 3 aromatic heterocycles. The molecule has 96 valence electrons. The van der Waals surface area contributed by atoms with Crippen LogP contribution >= 0.6 is 0 Å². The topological polar surface area (TPSA) is 79.4 Å². The van der Waals surface area contributed by atoms with Crippen LogP contribution in [0.5, 0.6) is 0 Å². The predicted octanol–water partition coefficient (Wildman–Crippen LogP) is 1.79. The first-order chi connectivity index (χ1) is 9.42. The SMILES string of the molecule is c1c[nH]c(CCCNc2ccc3nccnc3n2)n1. The number of fused-ring (bicyclic) bond motifs is 1. The van der Waals surface area contributed by atoms with Gasteiger partial charge in [-0.25, -0.2) is 15.0 Å². The van der Waals surface area contributed by atoms with Crippen LogP contribution in [0.1, 0.15) is 12.2 Å². The summed E-state index contributed by atoms with van der Waals surface area (Å²) in [4.78, 5) is 20.0. The summed E-state index contributed by atoms with van der Waals surface area (Å²) in [6.07, 6.45) is 8.84. The van der Waals surface area contributed by atoms with Gasteiger partial charge in [-0.2, -0.15) is 0 Å². The molecule has 0 aliphatic rings. The largest absolute Gasteiger partial charge is 0.370 e. The Morgan fingerprint density at radius 2 is 2.00 bits per heavy atom. The molecular formula is C13H14N6. The van der Waals surface area contributed by atoms with Gasteiger partial charge in [0.25, 0.3) is 0 Å². The van der Waals surface area contributed by atoms with E-state index < -0.39 is 0 Å². The summed E-state index contributed by atoms with van der Waals surface area (Å²) in [5, 5.41) is 3.28. The third-order valence-corrected chi connectivity index (χ3v) is 2.78. The van der Waals surface area contributed by atoms with Crippen LogP contribution in [0.4, 0.5) is 5.82 Å². The second-order valence-corrected chi connectivity index (χ2v) is 4.16. The summed E-state index contributed by atoms with van der Waals surface area (Å²) >= 11 is 0. The Morgan fingerprint density at radius 3 is 2.89 bits per heavy atom. The molecule has 0 aliphatic heterocycles. The lowest BCUT2D eigenvalue weighted by Gasteiger charge is -2.05. The Kier molecular flexibility index (Phi) is 3.31. The second-order valence-electron chi connectivity index (χ2n) is 4.16. The lowest BCUT2D eigenvalue weighted by Crippen LogP contribution is -2.05. The summed E-state index contributed by atoms with van der Waals surface area (Å²) < 4.78 is 0. The molecule has 0 fully saturated rings. The van der Waals surface area contributed by atoms with Gasteiger partial charge in [-0.3, -0.25) is 4.98 Å². The van der Waals surface area contributed by atoms with Crippen molar-refractivity contribution in [1.29, 1.82) is 0 Å². The van der Waals surface area contributed by atoms with Crippen molar-refractivity contribution in [2.24, 2.45) is 0 Å². The number of rotatable bonds is 5. The van der Waals surface area contributed by atoms with Crippen molar-refractivity contribution in [2.45, 2.75) is 12.8 Å². The van der Waals surface area contributed by atoms with Gasteiger partial charge in [0.1, 0.15) is 17.2 Å². The maximum absolute atomic E-state index is 4.40. The molecule has 2 N–H and O–H groups in total. The van der Waals surface area contributed by atoms with Gasteiger partial charge in [-0.05, 0) is 18.6 Å². The van der Waals surface area contributed by atoms with Gasteiger partial charge in [0.15, 0.2) is 5.65 Å². The van der Waals surface area contributed by atoms with Crippen molar-refractivity contribution in [3.8, 4) is 0 Å². The summed E-state index contributed by atoms with van der Waals surface area (Å²) in [5.41, 5.74) is 1.47. The van der Waals surface area contributed by atoms with Gasteiger partial charge in [-0.15, -0.1) is 0 Å². The molecule has 3 rings (SSSR count). The number of anilines is 1. The highest BCUT2D eigenvalue weighted by Crippen LogP contribution is 2.10. The summed E-state index contributed by atoms with van der Waals surface area (Å²) in [6.45, 7) is 0.847. The van der Waals surface area contributed by atoms with E-state index in [4.69, 9.17) is 0 Å². The van der Waals surface area contributed by atoms with E-state index in [9.17, 15) is 0 Å². The monoisotopic (exact) mass is 254 g/mol. The Morgan fingerprint density at radius 1 is 1.05 bits per heavy atom. The molecule has 0 atom stereocenters. The van der Waals surface area contributed by atoms with Crippen LogP contribution in [0.25, 0.3) is 11.2 Å². The molecule has 0 aromatic carbocycles. The number of nitrogens with one attached hydrogen (secondary N) is 2. The molecular weight excluding hydrogens is 240 g/mol. The molecule has 0 bridgehead atoms. The van der Waals surface area contributed by atoms with Crippen molar-refractivity contribution >= 4 is 17.0 Å². The number of hydrogen-bond acceptors (Lipinski definition) is 5. The average molecular weight is 254 g/mol. The van der Waals surface area contributed by atoms with Crippen molar-refractivity contribution in [3.63, 3.8) is 0 Å². The molecule has 0 aliphatic carbocycles. The minimum Gasteiger partial charge on any atom is -0.370 e. The van der Waals surface area contributed by atoms with Crippen molar-refractivity contribution in [2.75, 3.05) is 11.9 Å². The highest BCUT2D eigenvalue weighted by Gasteiger charge is 1.99. The van der Waals surface area contributed by atoms with Crippen molar-refractivity contribution in [3.05, 3.63) is 42.7 Å². The lowest BCUT2D eigenvalue weighted by atomic mass is 10.3. The molecule has 3 aromatic rings. The fraction of sp³-hybridized carbons (Fsp3) is 0.231. The van der Waals surface area contributed by atoms with Crippen LogP contribution in [0.3, 0.4) is 0 Å². The van der Waals surface area contributed by atoms with E-state index in [1.54, 1.807) is 18.6 Å². The van der Waals surface area contributed by atoms with Gasteiger partial charge in [0.2, 0.25) is 0 Å². The fourth-order valence-electron chi connectivity index (χ4n) is 1.86. The standard InChI is InChI=1S/C13H14N6/c1(2-11-16-7-8-17-11)5-15-12-4-3-10-13(19-12)18-9-6-14-10/h3-4,6-9H,1-2,5H2,(H,16,17)(H,15,18,19). The Labute approximate surface area is 110 Å². The number of pyridine rings is 1. The first kappa shape index (κ1) is 11.6. The quantitative estimate of drug-likeness (QED) is 0.679. The Hall–Kier alpha value is -2.50. The number of hydrogen-bond donors (Lipinski definition) is 2. The van der Waals surface area contributed by atoms with E-state index in [0.29, 0.717) is 5.65 Å². The number of nitrogens with zero attached hydrogens (tertiary/aromatic N) is 4. The van der Waals surface area contributed by atoms with Crippen molar-refractivity contribution < 1.29 is 0 Å². The maximum Gasteiger partial charge on any atom is 0.180 e. The van der Waals surface area contributed by atoms with Gasteiger partial charge >= 0.3 is 0 Å². The normalized spacial score (nSPS) is 10.7. The van der Waals surface area contributed by atoms with Gasteiger partial charge in [0.05, 0.1) is 0 Å². The number of aryl methyl sites for hydroxylation is 1. The molecule has 0 unspecified atom stereocenters. The van der Waals surface area contributed by atoms with E-state index in [0.717, 1.165) is 36.5 Å². The van der Waals surface area contributed by atoms with E-state index in [1.807, 2.05) is 18.3 Å². The molecule has 3 heterocycles. The molecule has 0 radical (unpaired) electrons. The van der Waals surface area contributed by atoms with Crippen LogP contribution < -0.4 is 5.32 Å². The molecule has 0 saturated heterocycles. The zero-order chi connectivity index (χ0) is 12.9. The Bertz CT molecular complexity index is 649. The van der Waals surface area contributed by atoms with E-state index in [-0.39, 0.29) is 0 Å². The van der Waals surface area contributed by atoms with Crippen LogP contribution in [-0.4, -0.2) is 31.5 Å². The van der Waals surface area contributed by atoms with E-state index in [1.165, 1.54) is 0 Å². The molecule has 0 saturated carbocycles. The van der Waals surface area contributed by atoms with Crippen molar-refractivity contribution in [1.82, 2.24) is 24.9 Å². The summed E-state index contributed by atoms with van der Waals surface area (Å²) in [6, 6.07) is 3.84. The zero-order valence-electron chi connectivity index (χ0n) is 10.4. The number of imidazole rings is 1. The fourth-order valence-corrected chi connectivity index (χ4v) is 1.86. The average Bonchev–Trinajstić information content (AvgIpc) is 2.97. The smallest absolute Gasteiger partial charge is 0.180 e. The van der Waals surface area contributed by atoms with Crippen LogP contribution in [-0.2, 0) is 6.42 Å². The number of aromatic amines is 1. The zero-order valence-corrected chi connectivity index (χ0v) is 10.4. The molecule has 6 heteroatoms. The number of aromatic nitrogens is 5. The third-order valence-electron chi connectivity index (χ3n) is 2.78. The molecule has 6 nitrogen and oxygen atoms in total. The van der Waals surface area contributed by atoms with E-state index in [2.05, 4.69) is 30.2 Å². The predicted molar refractivity (Wildman–Crippen MR) is 72.7 cm³/mol. The maximum atomic E-state index is 4.40. The van der Waals surface area contributed by atoms with E-state index >= 15 is 0 Å². The third kappa shape index (κ3) is 2.85. The first-order valence-corrected chi connectivity index (χ1v) is 6.22. The molecule has 19 heavy (non-hydrogen) atoms. The molecule has 0 amide bonds. The van der Waals surface area contributed by atoms with Gasteiger partial charge in [-0.1, -0.05) is 0 Å². The minimum atomic E-state index is 0.665. The highest BCUT2D eigenvalue weighted by atomic mass is 15.0. The first-order valence-electron chi connectivity index (χ1n) is 6.22. The minimum absolute atomic E-state index is 0.665. The molecule has 0 spiro atoms.